The second-order valence-corrected chi connectivity index (χ2v) is 7.03. The first-order valence-corrected chi connectivity index (χ1v) is 9.36. The predicted molar refractivity (Wildman–Crippen MR) is 100 cm³/mol. The number of carbonyl (C=O) groups excluding carboxylic acids is 1. The van der Waals surface area contributed by atoms with Gasteiger partial charge in [0, 0.05) is 24.2 Å². The zero-order valence-electron chi connectivity index (χ0n) is 14.7. The van der Waals surface area contributed by atoms with Crippen LogP contribution in [0, 0.1) is 0 Å². The summed E-state index contributed by atoms with van der Waals surface area (Å²) in [6, 6.07) is 10.9. The summed E-state index contributed by atoms with van der Waals surface area (Å²) >= 11 is 6.05. The van der Waals surface area contributed by atoms with Crippen LogP contribution in [0.5, 0.6) is 0 Å². The lowest BCUT2D eigenvalue weighted by Gasteiger charge is -2.33. The van der Waals surface area contributed by atoms with E-state index in [1.54, 1.807) is 29.4 Å². The fraction of sp³-hybridized carbons (Fsp3) is 0.300. The molecule has 0 saturated carbocycles. The maximum Gasteiger partial charge on any atom is 0.275 e. The zero-order chi connectivity index (χ0) is 18.6. The third kappa shape index (κ3) is 4.01. The highest BCUT2D eigenvalue weighted by molar-refractivity contribution is 6.30. The molecule has 1 fully saturated rings. The van der Waals surface area contributed by atoms with Gasteiger partial charge in [-0.2, -0.15) is 5.10 Å². The molecule has 0 spiro atoms. The molecule has 4 rings (SSSR count). The highest BCUT2D eigenvalue weighted by Gasteiger charge is 2.32. The van der Waals surface area contributed by atoms with Gasteiger partial charge in [0.1, 0.15) is 11.8 Å². The van der Waals surface area contributed by atoms with Gasteiger partial charge in [-0.15, -0.1) is 5.10 Å². The number of oxazole rings is 1. The zero-order valence-corrected chi connectivity index (χ0v) is 15.5. The van der Waals surface area contributed by atoms with Crippen molar-refractivity contribution < 1.29 is 9.21 Å². The molecule has 6 nitrogen and oxygen atoms in total. The molecule has 0 radical (unpaired) electrons. The number of hydrogen-bond acceptors (Lipinski definition) is 5. The number of nitrogens with zero attached hydrogens (tertiary/aromatic N) is 4. The van der Waals surface area contributed by atoms with Gasteiger partial charge in [0.15, 0.2) is 5.69 Å². The summed E-state index contributed by atoms with van der Waals surface area (Å²) in [5.41, 5.74) is 1.40. The average Bonchev–Trinajstić information content (AvgIpc) is 3.16. The molecule has 2 aromatic heterocycles. The number of halogens is 1. The van der Waals surface area contributed by atoms with E-state index >= 15 is 0 Å². The third-order valence-corrected chi connectivity index (χ3v) is 4.91. The molecule has 1 aliphatic rings. The molecule has 3 aromatic rings. The summed E-state index contributed by atoms with van der Waals surface area (Å²) < 4.78 is 6.00. The molecule has 1 atom stereocenters. The van der Waals surface area contributed by atoms with Crippen molar-refractivity contribution in [2.75, 3.05) is 6.54 Å². The Hall–Kier alpha value is -2.73. The normalized spacial score (nSPS) is 17.1. The Kier molecular flexibility index (Phi) is 5.16. The first kappa shape index (κ1) is 17.7. The molecule has 1 unspecified atom stereocenters. The third-order valence-electron chi connectivity index (χ3n) is 4.68. The van der Waals surface area contributed by atoms with Gasteiger partial charge in [-0.05, 0) is 49.1 Å². The second kappa shape index (κ2) is 7.88. The summed E-state index contributed by atoms with van der Waals surface area (Å²) in [6.45, 7) is 0.659. The minimum atomic E-state index is -0.179. The number of hydrogen-bond donors (Lipinski definition) is 0. The molecule has 1 amide bonds. The molecule has 1 saturated heterocycles. The maximum absolute atomic E-state index is 12.9. The van der Waals surface area contributed by atoms with Crippen LogP contribution in [0.1, 0.15) is 53.0 Å². The van der Waals surface area contributed by atoms with Crippen LogP contribution in [-0.2, 0) is 6.42 Å². The summed E-state index contributed by atoms with van der Waals surface area (Å²) in [6.07, 6.45) is 6.71. The molecule has 7 heteroatoms. The molecule has 0 aliphatic carbocycles. The van der Waals surface area contributed by atoms with E-state index in [9.17, 15) is 4.79 Å². The van der Waals surface area contributed by atoms with Crippen LogP contribution in [0.4, 0.5) is 0 Å². The van der Waals surface area contributed by atoms with Crippen molar-refractivity contribution in [2.24, 2.45) is 0 Å². The quantitative estimate of drug-likeness (QED) is 0.679. The van der Waals surface area contributed by atoms with E-state index in [0.717, 1.165) is 30.6 Å². The largest absolute Gasteiger partial charge is 0.443 e. The van der Waals surface area contributed by atoms with Crippen molar-refractivity contribution in [2.45, 2.75) is 31.7 Å². The first-order valence-electron chi connectivity index (χ1n) is 8.98. The fourth-order valence-corrected chi connectivity index (χ4v) is 3.61. The van der Waals surface area contributed by atoms with Gasteiger partial charge in [-0.25, -0.2) is 4.98 Å². The summed E-state index contributed by atoms with van der Waals surface area (Å²) in [5, 5.41) is 8.45. The van der Waals surface area contributed by atoms with Crippen molar-refractivity contribution in [3.63, 3.8) is 0 Å². The lowest BCUT2D eigenvalue weighted by Crippen LogP contribution is -2.39. The molecule has 27 heavy (non-hydrogen) atoms. The minimum Gasteiger partial charge on any atom is -0.443 e. The molecule has 1 aliphatic heterocycles. The molecular formula is C20H19ClN4O2. The van der Waals surface area contributed by atoms with Crippen molar-refractivity contribution in [1.29, 1.82) is 0 Å². The Labute approximate surface area is 162 Å². The topological polar surface area (TPSA) is 72.1 Å². The summed E-state index contributed by atoms with van der Waals surface area (Å²) in [4.78, 5) is 19.1. The summed E-state index contributed by atoms with van der Waals surface area (Å²) in [5.74, 6) is 1.19. The van der Waals surface area contributed by atoms with E-state index in [1.807, 2.05) is 24.3 Å². The Morgan fingerprint density at radius 3 is 3.00 bits per heavy atom. The SMILES string of the molecule is O=C(c1cccnn1)N1CCCCC1c1ncc(Cc2cccc(Cl)c2)o1. The van der Waals surface area contributed by atoms with Crippen LogP contribution in [0.2, 0.25) is 5.02 Å². The molecule has 1 aromatic carbocycles. The Morgan fingerprint density at radius 2 is 2.19 bits per heavy atom. The number of piperidine rings is 1. The number of amides is 1. The predicted octanol–water partition coefficient (Wildman–Crippen LogP) is 4.08. The number of carbonyl (C=O) groups is 1. The van der Waals surface area contributed by atoms with Gasteiger partial charge in [0.05, 0.1) is 6.20 Å². The highest BCUT2D eigenvalue weighted by atomic mass is 35.5. The van der Waals surface area contributed by atoms with E-state index < -0.39 is 0 Å². The number of aromatic nitrogens is 3. The number of rotatable bonds is 4. The average molecular weight is 383 g/mol. The van der Waals surface area contributed by atoms with Crippen LogP contribution >= 0.6 is 11.6 Å². The lowest BCUT2D eigenvalue weighted by molar-refractivity contribution is 0.0562. The van der Waals surface area contributed by atoms with Crippen molar-refractivity contribution in [3.05, 3.63) is 76.7 Å². The van der Waals surface area contributed by atoms with Crippen molar-refractivity contribution in [3.8, 4) is 0 Å². The molecule has 3 heterocycles. The lowest BCUT2D eigenvalue weighted by atomic mass is 10.0. The van der Waals surface area contributed by atoms with Gasteiger partial charge in [0.2, 0.25) is 5.89 Å². The van der Waals surface area contributed by atoms with E-state index in [0.29, 0.717) is 29.6 Å². The highest BCUT2D eigenvalue weighted by Crippen LogP contribution is 2.32. The van der Waals surface area contributed by atoms with E-state index in [-0.39, 0.29) is 11.9 Å². The molecule has 0 bridgehead atoms. The molecular weight excluding hydrogens is 364 g/mol. The smallest absolute Gasteiger partial charge is 0.275 e. The number of likely N-dealkylation sites (tertiary alicyclic amines) is 1. The van der Waals surface area contributed by atoms with Crippen molar-refractivity contribution in [1.82, 2.24) is 20.1 Å². The Balaban J connectivity index is 1.54. The monoisotopic (exact) mass is 382 g/mol. The van der Waals surface area contributed by atoms with E-state index in [1.165, 1.54) is 0 Å². The van der Waals surface area contributed by atoms with Crippen LogP contribution in [0.3, 0.4) is 0 Å². The Morgan fingerprint density at radius 1 is 1.26 bits per heavy atom. The second-order valence-electron chi connectivity index (χ2n) is 6.59. The maximum atomic E-state index is 12.9. The van der Waals surface area contributed by atoms with Gasteiger partial charge in [-0.3, -0.25) is 4.79 Å². The van der Waals surface area contributed by atoms with Crippen LogP contribution in [0.15, 0.2) is 53.2 Å². The molecule has 0 N–H and O–H groups in total. The van der Waals surface area contributed by atoms with Crippen LogP contribution < -0.4 is 0 Å². The standard InChI is InChI=1S/C20H19ClN4O2/c21-15-6-3-5-14(11-15)12-16-13-22-19(27-16)18-8-1-2-10-25(18)20(26)17-7-4-9-23-24-17/h3-7,9,11,13,18H,1-2,8,10,12H2. The molecule has 138 valence electrons. The van der Waals surface area contributed by atoms with Gasteiger partial charge in [0.25, 0.3) is 5.91 Å². The van der Waals surface area contributed by atoms with E-state index in [4.69, 9.17) is 16.0 Å². The fourth-order valence-electron chi connectivity index (χ4n) is 3.40. The van der Waals surface area contributed by atoms with Crippen molar-refractivity contribution >= 4 is 17.5 Å². The van der Waals surface area contributed by atoms with Gasteiger partial charge in [-0.1, -0.05) is 23.7 Å². The first-order chi connectivity index (χ1) is 13.2. The van der Waals surface area contributed by atoms with Crippen LogP contribution in [-0.4, -0.2) is 32.5 Å². The van der Waals surface area contributed by atoms with E-state index in [2.05, 4.69) is 15.2 Å². The Bertz CT molecular complexity index is 928. The van der Waals surface area contributed by atoms with Gasteiger partial charge >= 0.3 is 0 Å². The van der Waals surface area contributed by atoms with Gasteiger partial charge < -0.3 is 9.32 Å². The number of benzene rings is 1. The summed E-state index contributed by atoms with van der Waals surface area (Å²) in [7, 11) is 0. The van der Waals surface area contributed by atoms with Crippen LogP contribution in [0.25, 0.3) is 0 Å². The minimum absolute atomic E-state index is 0.137.